The van der Waals surface area contributed by atoms with Gasteiger partial charge in [0.25, 0.3) is 5.69 Å². The van der Waals surface area contributed by atoms with Gasteiger partial charge in [0.05, 0.1) is 11.2 Å². The fraction of sp³-hybridized carbons (Fsp3) is 0.286. The van der Waals surface area contributed by atoms with Gasteiger partial charge in [-0.3, -0.25) is 10.1 Å². The summed E-state index contributed by atoms with van der Waals surface area (Å²) >= 11 is 0. The number of hydrogen-bond donors (Lipinski definition) is 2. The summed E-state index contributed by atoms with van der Waals surface area (Å²) in [5, 5.41) is 13.9. The van der Waals surface area contributed by atoms with Crippen molar-refractivity contribution < 1.29 is 13.3 Å². The molecule has 1 aromatic heterocycles. The van der Waals surface area contributed by atoms with Crippen LogP contribution >= 0.6 is 0 Å². The first-order valence-electron chi connectivity index (χ1n) is 7.03. The van der Waals surface area contributed by atoms with E-state index >= 15 is 0 Å². The Balaban J connectivity index is 2.16. The highest BCUT2D eigenvalue weighted by Crippen LogP contribution is 2.22. The number of aryl methyl sites for hydroxylation is 1. The maximum atomic E-state index is 11.0. The standard InChI is InChI=1S/C14H17N5O4S/c1-10-8-13(15-6-7-16-24(2,22)23)18-14(17-10)11-4-3-5-12(9-11)19(20)21/h3-5,8-9,16H,6-7H2,1-2H3,(H,15,17,18). The lowest BCUT2D eigenvalue weighted by Crippen LogP contribution is -2.27. The molecule has 0 aliphatic rings. The van der Waals surface area contributed by atoms with E-state index < -0.39 is 14.9 Å². The Kier molecular flexibility index (Phi) is 5.42. The van der Waals surface area contributed by atoms with Crippen molar-refractivity contribution >= 4 is 21.5 Å². The Morgan fingerprint density at radius 3 is 2.62 bits per heavy atom. The van der Waals surface area contributed by atoms with Gasteiger partial charge < -0.3 is 5.32 Å². The van der Waals surface area contributed by atoms with Gasteiger partial charge in [0, 0.05) is 42.5 Å². The maximum Gasteiger partial charge on any atom is 0.270 e. The third kappa shape index (κ3) is 5.25. The van der Waals surface area contributed by atoms with Crippen molar-refractivity contribution in [3.8, 4) is 11.4 Å². The SMILES string of the molecule is Cc1cc(NCCNS(C)(=O)=O)nc(-c2cccc([N+](=O)[O-])c2)n1. The fourth-order valence-electron chi connectivity index (χ4n) is 1.97. The summed E-state index contributed by atoms with van der Waals surface area (Å²) in [6.45, 7) is 2.34. The zero-order valence-electron chi connectivity index (χ0n) is 13.2. The number of rotatable bonds is 7. The third-order valence-corrected chi connectivity index (χ3v) is 3.69. The minimum atomic E-state index is -3.24. The molecule has 0 amide bonds. The summed E-state index contributed by atoms with van der Waals surface area (Å²) in [5.41, 5.74) is 1.18. The topological polar surface area (TPSA) is 127 Å². The van der Waals surface area contributed by atoms with Crippen molar-refractivity contribution in [3.63, 3.8) is 0 Å². The molecule has 0 spiro atoms. The molecule has 0 aliphatic carbocycles. The van der Waals surface area contributed by atoms with Gasteiger partial charge in [-0.15, -0.1) is 0 Å². The molecule has 2 N–H and O–H groups in total. The Labute approximate surface area is 139 Å². The average molecular weight is 351 g/mol. The van der Waals surface area contributed by atoms with Crippen LogP contribution in [-0.2, 0) is 10.0 Å². The Morgan fingerprint density at radius 1 is 1.21 bits per heavy atom. The average Bonchev–Trinajstić information content (AvgIpc) is 2.50. The van der Waals surface area contributed by atoms with Crippen LogP contribution in [0, 0.1) is 17.0 Å². The van der Waals surface area contributed by atoms with E-state index in [1.165, 1.54) is 12.1 Å². The van der Waals surface area contributed by atoms with Crippen LogP contribution in [0.1, 0.15) is 5.69 Å². The lowest BCUT2D eigenvalue weighted by molar-refractivity contribution is -0.384. The van der Waals surface area contributed by atoms with Crippen LogP contribution in [0.25, 0.3) is 11.4 Å². The van der Waals surface area contributed by atoms with Gasteiger partial charge in [-0.05, 0) is 6.92 Å². The first-order chi connectivity index (χ1) is 11.2. The summed E-state index contributed by atoms with van der Waals surface area (Å²) < 4.78 is 24.4. The molecule has 0 radical (unpaired) electrons. The number of nitro groups is 1. The van der Waals surface area contributed by atoms with Crippen LogP contribution < -0.4 is 10.0 Å². The van der Waals surface area contributed by atoms with E-state index in [0.29, 0.717) is 29.4 Å². The van der Waals surface area contributed by atoms with Crippen molar-refractivity contribution in [2.75, 3.05) is 24.7 Å². The summed E-state index contributed by atoms with van der Waals surface area (Å²) in [5.74, 6) is 0.872. The quantitative estimate of drug-likeness (QED) is 0.437. The molecule has 0 fully saturated rings. The van der Waals surface area contributed by atoms with E-state index in [1.54, 1.807) is 25.1 Å². The Morgan fingerprint density at radius 2 is 1.96 bits per heavy atom. The molecule has 24 heavy (non-hydrogen) atoms. The summed E-state index contributed by atoms with van der Waals surface area (Å²) in [7, 11) is -3.24. The Bertz CT molecular complexity index is 854. The molecule has 2 rings (SSSR count). The highest BCUT2D eigenvalue weighted by molar-refractivity contribution is 7.88. The van der Waals surface area contributed by atoms with Gasteiger partial charge in [0.2, 0.25) is 10.0 Å². The monoisotopic (exact) mass is 351 g/mol. The van der Waals surface area contributed by atoms with Crippen LogP contribution in [0.2, 0.25) is 0 Å². The molecule has 0 aliphatic heterocycles. The van der Waals surface area contributed by atoms with E-state index in [2.05, 4.69) is 20.0 Å². The molecule has 0 atom stereocenters. The second-order valence-corrected chi connectivity index (χ2v) is 6.95. The second kappa shape index (κ2) is 7.32. The zero-order chi connectivity index (χ0) is 17.7. The highest BCUT2D eigenvalue weighted by atomic mass is 32.2. The van der Waals surface area contributed by atoms with E-state index in [-0.39, 0.29) is 12.2 Å². The van der Waals surface area contributed by atoms with Crippen molar-refractivity contribution in [1.29, 1.82) is 0 Å². The lowest BCUT2D eigenvalue weighted by atomic mass is 10.2. The first kappa shape index (κ1) is 17.8. The number of hydrogen-bond acceptors (Lipinski definition) is 7. The van der Waals surface area contributed by atoms with Crippen LogP contribution in [0.4, 0.5) is 11.5 Å². The van der Waals surface area contributed by atoms with Gasteiger partial charge in [0.15, 0.2) is 5.82 Å². The molecule has 128 valence electrons. The zero-order valence-corrected chi connectivity index (χ0v) is 14.0. The molecule has 9 nitrogen and oxygen atoms in total. The molecule has 0 bridgehead atoms. The fourth-order valence-corrected chi connectivity index (χ4v) is 2.45. The molecule has 1 heterocycles. The van der Waals surface area contributed by atoms with E-state index in [1.807, 2.05) is 0 Å². The number of benzene rings is 1. The van der Waals surface area contributed by atoms with E-state index in [4.69, 9.17) is 0 Å². The number of nitrogens with one attached hydrogen (secondary N) is 2. The van der Waals surface area contributed by atoms with Gasteiger partial charge >= 0.3 is 0 Å². The minimum absolute atomic E-state index is 0.0375. The normalized spacial score (nSPS) is 11.2. The molecule has 1 aromatic carbocycles. The summed E-state index contributed by atoms with van der Waals surface area (Å²) in [6.07, 6.45) is 1.09. The van der Waals surface area contributed by atoms with Crippen molar-refractivity contribution in [2.24, 2.45) is 0 Å². The molecule has 10 heteroatoms. The van der Waals surface area contributed by atoms with Crippen LogP contribution in [0.15, 0.2) is 30.3 Å². The number of nitrogens with zero attached hydrogens (tertiary/aromatic N) is 3. The molecule has 2 aromatic rings. The minimum Gasteiger partial charge on any atom is -0.369 e. The van der Waals surface area contributed by atoms with E-state index in [0.717, 1.165) is 6.26 Å². The van der Waals surface area contributed by atoms with Crippen LogP contribution in [-0.4, -0.2) is 42.7 Å². The summed E-state index contributed by atoms with van der Waals surface area (Å²) in [6, 6.07) is 7.78. The van der Waals surface area contributed by atoms with Crippen LogP contribution in [0.5, 0.6) is 0 Å². The van der Waals surface area contributed by atoms with Crippen molar-refractivity contribution in [1.82, 2.24) is 14.7 Å². The smallest absolute Gasteiger partial charge is 0.270 e. The molecular weight excluding hydrogens is 334 g/mol. The molecular formula is C14H17N5O4S. The summed E-state index contributed by atoms with van der Waals surface area (Å²) in [4.78, 5) is 19.0. The first-order valence-corrected chi connectivity index (χ1v) is 8.93. The number of nitro benzene ring substituents is 1. The van der Waals surface area contributed by atoms with Gasteiger partial charge in [-0.1, -0.05) is 12.1 Å². The van der Waals surface area contributed by atoms with Gasteiger partial charge in [-0.25, -0.2) is 23.1 Å². The van der Waals surface area contributed by atoms with Crippen molar-refractivity contribution in [3.05, 3.63) is 46.1 Å². The predicted molar refractivity (Wildman–Crippen MR) is 90.2 cm³/mol. The number of sulfonamides is 1. The number of anilines is 1. The Hall–Kier alpha value is -2.59. The largest absolute Gasteiger partial charge is 0.369 e. The highest BCUT2D eigenvalue weighted by Gasteiger charge is 2.10. The molecule has 0 saturated heterocycles. The van der Waals surface area contributed by atoms with Crippen molar-refractivity contribution in [2.45, 2.75) is 6.92 Å². The molecule has 0 unspecified atom stereocenters. The van der Waals surface area contributed by atoms with Crippen LogP contribution in [0.3, 0.4) is 0 Å². The predicted octanol–water partition coefficient (Wildman–Crippen LogP) is 1.32. The number of aromatic nitrogens is 2. The second-order valence-electron chi connectivity index (χ2n) is 5.12. The van der Waals surface area contributed by atoms with Gasteiger partial charge in [0.1, 0.15) is 5.82 Å². The lowest BCUT2D eigenvalue weighted by Gasteiger charge is -2.09. The molecule has 0 saturated carbocycles. The third-order valence-electron chi connectivity index (χ3n) is 2.96. The maximum absolute atomic E-state index is 11.0. The van der Waals surface area contributed by atoms with Gasteiger partial charge in [-0.2, -0.15) is 0 Å². The van der Waals surface area contributed by atoms with E-state index in [9.17, 15) is 18.5 Å². The number of non-ortho nitro benzene ring substituents is 1.